The first-order valence-corrected chi connectivity index (χ1v) is 4.63. The molecule has 1 aromatic heterocycles. The molecular formula is C10H16N2O2. The molecule has 0 unspecified atom stereocenters. The third kappa shape index (κ3) is 1.64. The Morgan fingerprint density at radius 3 is 2.36 bits per heavy atom. The number of aryl methyl sites for hydroxylation is 1. The van der Waals surface area contributed by atoms with Crippen molar-refractivity contribution >= 4 is 5.97 Å². The fraction of sp³-hybridized carbons (Fsp3) is 0.600. The van der Waals surface area contributed by atoms with Gasteiger partial charge in [-0.1, -0.05) is 0 Å². The second-order valence-corrected chi connectivity index (χ2v) is 3.58. The summed E-state index contributed by atoms with van der Waals surface area (Å²) in [5.41, 5.74) is 2.17. The van der Waals surface area contributed by atoms with Gasteiger partial charge in [-0.05, 0) is 27.7 Å². The maximum atomic E-state index is 11.4. The van der Waals surface area contributed by atoms with Gasteiger partial charge in [0.2, 0.25) is 0 Å². The zero-order valence-electron chi connectivity index (χ0n) is 9.29. The normalized spacial score (nSPS) is 10.7. The molecule has 14 heavy (non-hydrogen) atoms. The molecule has 1 heterocycles. The van der Waals surface area contributed by atoms with E-state index in [0.717, 1.165) is 11.4 Å². The van der Waals surface area contributed by atoms with Crippen LogP contribution in [-0.2, 0) is 4.74 Å². The number of aromatic nitrogens is 2. The Morgan fingerprint density at radius 2 is 2.00 bits per heavy atom. The highest BCUT2D eigenvalue weighted by Crippen LogP contribution is 2.17. The van der Waals surface area contributed by atoms with E-state index in [1.54, 1.807) is 0 Å². The van der Waals surface area contributed by atoms with Gasteiger partial charge in [-0.2, -0.15) is 5.10 Å². The summed E-state index contributed by atoms with van der Waals surface area (Å²) in [5.74, 6) is -0.313. The van der Waals surface area contributed by atoms with Gasteiger partial charge in [-0.3, -0.25) is 4.68 Å². The minimum Gasteiger partial charge on any atom is -0.465 e. The van der Waals surface area contributed by atoms with Crippen LogP contribution in [0.3, 0.4) is 0 Å². The second kappa shape index (κ2) is 3.82. The first-order chi connectivity index (χ1) is 6.49. The monoisotopic (exact) mass is 196 g/mol. The maximum absolute atomic E-state index is 11.4. The first-order valence-electron chi connectivity index (χ1n) is 4.63. The molecule has 0 atom stereocenters. The Morgan fingerprint density at radius 1 is 1.43 bits per heavy atom. The quantitative estimate of drug-likeness (QED) is 0.678. The van der Waals surface area contributed by atoms with Gasteiger partial charge in [0.05, 0.1) is 18.5 Å². The van der Waals surface area contributed by atoms with Crippen molar-refractivity contribution in [3.8, 4) is 0 Å². The van der Waals surface area contributed by atoms with Gasteiger partial charge < -0.3 is 4.74 Å². The summed E-state index contributed by atoms with van der Waals surface area (Å²) in [5, 5.41) is 4.29. The fourth-order valence-corrected chi connectivity index (χ4v) is 1.56. The van der Waals surface area contributed by atoms with E-state index < -0.39 is 0 Å². The minimum absolute atomic E-state index is 0.257. The molecule has 0 saturated carbocycles. The summed E-state index contributed by atoms with van der Waals surface area (Å²) >= 11 is 0. The van der Waals surface area contributed by atoms with E-state index in [0.29, 0.717) is 5.56 Å². The Hall–Kier alpha value is -1.32. The highest BCUT2D eigenvalue weighted by molar-refractivity contribution is 5.91. The molecule has 0 radical (unpaired) electrons. The molecule has 1 aromatic rings. The molecule has 78 valence electrons. The molecule has 0 aliphatic rings. The van der Waals surface area contributed by atoms with Crippen molar-refractivity contribution < 1.29 is 9.53 Å². The minimum atomic E-state index is -0.313. The van der Waals surface area contributed by atoms with Gasteiger partial charge in [0.15, 0.2) is 0 Å². The number of carbonyl (C=O) groups is 1. The summed E-state index contributed by atoms with van der Waals surface area (Å²) in [6.45, 7) is 7.76. The molecule has 1 rings (SSSR count). The van der Waals surface area contributed by atoms with Crippen LogP contribution in [0.4, 0.5) is 0 Å². The molecule has 0 aliphatic heterocycles. The van der Waals surface area contributed by atoms with Crippen molar-refractivity contribution in [2.75, 3.05) is 7.11 Å². The van der Waals surface area contributed by atoms with Crippen molar-refractivity contribution in [3.63, 3.8) is 0 Å². The van der Waals surface area contributed by atoms with Crippen LogP contribution in [0.5, 0.6) is 0 Å². The molecule has 0 spiro atoms. The molecule has 0 bridgehead atoms. The van der Waals surface area contributed by atoms with Gasteiger partial charge in [0, 0.05) is 6.04 Å². The van der Waals surface area contributed by atoms with E-state index in [4.69, 9.17) is 4.74 Å². The number of esters is 1. The molecule has 0 N–H and O–H groups in total. The molecule has 0 amide bonds. The zero-order chi connectivity index (χ0) is 10.9. The summed E-state index contributed by atoms with van der Waals surface area (Å²) in [4.78, 5) is 11.4. The molecule has 4 nitrogen and oxygen atoms in total. The van der Waals surface area contributed by atoms with Crippen molar-refractivity contribution in [1.29, 1.82) is 0 Å². The van der Waals surface area contributed by atoms with Crippen LogP contribution in [-0.4, -0.2) is 22.9 Å². The van der Waals surface area contributed by atoms with Crippen LogP contribution < -0.4 is 0 Å². The average Bonchev–Trinajstić information content (AvgIpc) is 2.41. The lowest BCUT2D eigenvalue weighted by molar-refractivity contribution is 0.0599. The van der Waals surface area contributed by atoms with Crippen LogP contribution in [0.2, 0.25) is 0 Å². The van der Waals surface area contributed by atoms with Gasteiger partial charge in [0.1, 0.15) is 5.56 Å². The Balaban J connectivity index is 3.24. The van der Waals surface area contributed by atoms with Gasteiger partial charge in [-0.25, -0.2) is 4.79 Å². The lowest BCUT2D eigenvalue weighted by atomic mass is 10.2. The third-order valence-corrected chi connectivity index (χ3v) is 2.20. The van der Waals surface area contributed by atoms with E-state index >= 15 is 0 Å². The Bertz CT molecular complexity index is 353. The van der Waals surface area contributed by atoms with Gasteiger partial charge >= 0.3 is 5.97 Å². The van der Waals surface area contributed by atoms with Crippen LogP contribution in [0.25, 0.3) is 0 Å². The van der Waals surface area contributed by atoms with Crippen LogP contribution >= 0.6 is 0 Å². The number of hydrogen-bond donors (Lipinski definition) is 0. The number of methoxy groups -OCH3 is 1. The topological polar surface area (TPSA) is 44.1 Å². The van der Waals surface area contributed by atoms with E-state index in [2.05, 4.69) is 5.10 Å². The molecule has 4 heteroatoms. The zero-order valence-corrected chi connectivity index (χ0v) is 9.29. The number of rotatable bonds is 2. The van der Waals surface area contributed by atoms with Gasteiger partial charge in [-0.15, -0.1) is 0 Å². The van der Waals surface area contributed by atoms with Crippen LogP contribution in [0.15, 0.2) is 0 Å². The fourth-order valence-electron chi connectivity index (χ4n) is 1.56. The SMILES string of the molecule is COC(=O)c1c(C)nn(C(C)C)c1C. The maximum Gasteiger partial charge on any atom is 0.341 e. The number of ether oxygens (including phenoxy) is 1. The summed E-state index contributed by atoms with van der Waals surface area (Å²) in [6, 6.07) is 0.257. The predicted octanol–water partition coefficient (Wildman–Crippen LogP) is 1.87. The van der Waals surface area contributed by atoms with E-state index in [9.17, 15) is 4.79 Å². The average molecular weight is 196 g/mol. The lowest BCUT2D eigenvalue weighted by Crippen LogP contribution is -2.07. The van der Waals surface area contributed by atoms with E-state index in [1.165, 1.54) is 7.11 Å². The van der Waals surface area contributed by atoms with E-state index in [1.807, 2.05) is 32.4 Å². The summed E-state index contributed by atoms with van der Waals surface area (Å²) in [6.07, 6.45) is 0. The lowest BCUT2D eigenvalue weighted by Gasteiger charge is -2.07. The van der Waals surface area contributed by atoms with Crippen LogP contribution in [0, 0.1) is 13.8 Å². The highest BCUT2D eigenvalue weighted by atomic mass is 16.5. The van der Waals surface area contributed by atoms with Crippen molar-refractivity contribution in [1.82, 2.24) is 9.78 Å². The standard InChI is InChI=1S/C10H16N2O2/c1-6(2)12-8(4)9(7(3)11-12)10(13)14-5/h6H,1-5H3. The Labute approximate surface area is 83.9 Å². The number of nitrogens with zero attached hydrogens (tertiary/aromatic N) is 2. The molecular weight excluding hydrogens is 180 g/mol. The second-order valence-electron chi connectivity index (χ2n) is 3.58. The number of carbonyl (C=O) groups excluding carboxylic acids is 1. The molecule has 0 fully saturated rings. The summed E-state index contributed by atoms with van der Waals surface area (Å²) in [7, 11) is 1.38. The largest absolute Gasteiger partial charge is 0.465 e. The molecule has 0 aromatic carbocycles. The van der Waals surface area contributed by atoms with Crippen LogP contribution in [0.1, 0.15) is 41.6 Å². The highest BCUT2D eigenvalue weighted by Gasteiger charge is 2.19. The third-order valence-electron chi connectivity index (χ3n) is 2.20. The van der Waals surface area contributed by atoms with Crippen molar-refractivity contribution in [2.24, 2.45) is 0 Å². The Kier molecular flexibility index (Phi) is 2.93. The number of hydrogen-bond acceptors (Lipinski definition) is 3. The molecule has 0 saturated heterocycles. The van der Waals surface area contributed by atoms with E-state index in [-0.39, 0.29) is 12.0 Å². The molecule has 0 aliphatic carbocycles. The van der Waals surface area contributed by atoms with Crippen molar-refractivity contribution in [2.45, 2.75) is 33.7 Å². The smallest absolute Gasteiger partial charge is 0.341 e. The summed E-state index contributed by atoms with van der Waals surface area (Å²) < 4.78 is 6.53. The first kappa shape index (κ1) is 10.8. The predicted molar refractivity (Wildman–Crippen MR) is 53.4 cm³/mol. The van der Waals surface area contributed by atoms with Crippen molar-refractivity contribution in [3.05, 3.63) is 17.0 Å². The van der Waals surface area contributed by atoms with Gasteiger partial charge in [0.25, 0.3) is 0 Å².